The first-order valence-corrected chi connectivity index (χ1v) is 8.27. The number of pyridine rings is 1. The second-order valence-corrected chi connectivity index (χ2v) is 6.47. The quantitative estimate of drug-likeness (QED) is 0.725. The average molecular weight is 330 g/mol. The van der Waals surface area contributed by atoms with E-state index < -0.39 is 11.5 Å². The normalized spacial score (nSPS) is 11.6. The molecule has 0 saturated carbocycles. The van der Waals surface area contributed by atoms with Crippen LogP contribution in [0.2, 0.25) is 0 Å². The van der Waals surface area contributed by atoms with Gasteiger partial charge in [0.2, 0.25) is 0 Å². The molecule has 0 atom stereocenters. The Hall–Kier alpha value is -2.34. The number of aromatic nitrogens is 1. The van der Waals surface area contributed by atoms with Crippen LogP contribution in [-0.4, -0.2) is 41.0 Å². The Balaban J connectivity index is 2.35. The second kappa shape index (κ2) is 7.49. The van der Waals surface area contributed by atoms with E-state index in [2.05, 4.69) is 42.9 Å². The summed E-state index contributed by atoms with van der Waals surface area (Å²) in [7, 11) is 0. The molecule has 0 spiro atoms. The van der Waals surface area contributed by atoms with Crippen molar-refractivity contribution in [3.63, 3.8) is 0 Å². The maximum Gasteiger partial charge on any atom is 0.263 e. The number of para-hydroxylation sites is 1. The van der Waals surface area contributed by atoms with Crippen LogP contribution in [0.4, 0.5) is 5.69 Å². The molecule has 4 N–H and O–H groups in total. The van der Waals surface area contributed by atoms with Crippen LogP contribution in [0, 0.1) is 0 Å². The smallest absolute Gasteiger partial charge is 0.263 e. The lowest BCUT2D eigenvalue weighted by molar-refractivity contribution is 0.0999. The first kappa shape index (κ1) is 18.0. The van der Waals surface area contributed by atoms with Crippen molar-refractivity contribution in [2.45, 2.75) is 39.8 Å². The Labute approximate surface area is 142 Å². The average Bonchev–Trinajstić information content (AvgIpc) is 2.49. The van der Waals surface area contributed by atoms with Crippen LogP contribution < -0.4 is 16.6 Å². The van der Waals surface area contributed by atoms with Gasteiger partial charge < -0.3 is 16.0 Å². The van der Waals surface area contributed by atoms with E-state index in [1.807, 2.05) is 18.2 Å². The predicted molar refractivity (Wildman–Crippen MR) is 98.6 cm³/mol. The van der Waals surface area contributed by atoms with E-state index in [9.17, 15) is 9.59 Å². The Morgan fingerprint density at radius 3 is 2.42 bits per heavy atom. The van der Waals surface area contributed by atoms with Gasteiger partial charge in [-0.25, -0.2) is 0 Å². The Morgan fingerprint density at radius 1 is 1.21 bits per heavy atom. The fraction of sp³-hybridized carbons (Fsp3) is 0.444. The third-order valence-corrected chi connectivity index (χ3v) is 4.17. The minimum Gasteiger partial charge on any atom is -0.382 e. The summed E-state index contributed by atoms with van der Waals surface area (Å²) in [6, 6.07) is 8.21. The van der Waals surface area contributed by atoms with E-state index in [0.29, 0.717) is 29.8 Å². The number of H-pyrrole nitrogens is 1. The highest BCUT2D eigenvalue weighted by Crippen LogP contribution is 2.23. The second-order valence-electron chi connectivity index (χ2n) is 6.47. The van der Waals surface area contributed by atoms with Crippen molar-refractivity contribution in [3.8, 4) is 0 Å². The van der Waals surface area contributed by atoms with Gasteiger partial charge in [0.15, 0.2) is 0 Å². The molecular weight excluding hydrogens is 304 g/mol. The van der Waals surface area contributed by atoms with Gasteiger partial charge in [-0.05, 0) is 33.8 Å². The molecule has 1 amide bonds. The summed E-state index contributed by atoms with van der Waals surface area (Å²) < 4.78 is 0. The molecule has 1 aromatic heterocycles. The number of nitrogens with zero attached hydrogens (tertiary/aromatic N) is 1. The maximum atomic E-state index is 12.2. The van der Waals surface area contributed by atoms with Crippen molar-refractivity contribution >= 4 is 22.5 Å². The van der Waals surface area contributed by atoms with Crippen LogP contribution in [-0.2, 0) is 0 Å². The number of primary amides is 1. The monoisotopic (exact) mass is 330 g/mol. The molecule has 1 aromatic carbocycles. The fourth-order valence-electron chi connectivity index (χ4n) is 3.08. The summed E-state index contributed by atoms with van der Waals surface area (Å²) in [5.74, 6) is -0.728. The van der Waals surface area contributed by atoms with E-state index in [1.54, 1.807) is 6.07 Å². The number of carbonyl (C=O) groups excluding carboxylic acids is 1. The number of aromatic amines is 1. The summed E-state index contributed by atoms with van der Waals surface area (Å²) in [5.41, 5.74) is 6.13. The molecular formula is C18H26N4O2. The number of anilines is 1. The topological polar surface area (TPSA) is 91.2 Å². The maximum absolute atomic E-state index is 12.2. The molecule has 0 unspecified atom stereocenters. The largest absolute Gasteiger partial charge is 0.382 e. The molecule has 130 valence electrons. The van der Waals surface area contributed by atoms with Gasteiger partial charge in [-0.2, -0.15) is 0 Å². The van der Waals surface area contributed by atoms with E-state index in [0.717, 1.165) is 11.9 Å². The SMILES string of the molecule is CC(C)N(CCNc1c(C(N)=O)c(=O)[nH]c2ccccc12)C(C)C. The Kier molecular flexibility index (Phi) is 5.62. The highest BCUT2D eigenvalue weighted by atomic mass is 16.2. The van der Waals surface area contributed by atoms with Gasteiger partial charge in [-0.1, -0.05) is 18.2 Å². The molecule has 0 radical (unpaired) electrons. The van der Waals surface area contributed by atoms with Crippen molar-refractivity contribution in [3.05, 3.63) is 40.2 Å². The minimum absolute atomic E-state index is 0.0191. The van der Waals surface area contributed by atoms with Crippen LogP contribution >= 0.6 is 0 Å². The predicted octanol–water partition coefficient (Wildman–Crippen LogP) is 2.16. The number of rotatable bonds is 7. The lowest BCUT2D eigenvalue weighted by Gasteiger charge is -2.30. The molecule has 24 heavy (non-hydrogen) atoms. The number of fused-ring (bicyclic) bond motifs is 1. The Bertz CT molecular complexity index is 772. The molecule has 1 heterocycles. The molecule has 6 heteroatoms. The number of benzene rings is 1. The lowest BCUT2D eigenvalue weighted by Crippen LogP contribution is -2.40. The molecule has 0 fully saturated rings. The summed E-state index contributed by atoms with van der Waals surface area (Å²) in [5, 5.41) is 4.04. The summed E-state index contributed by atoms with van der Waals surface area (Å²) in [4.78, 5) is 29.0. The van der Waals surface area contributed by atoms with Crippen molar-refractivity contribution in [1.82, 2.24) is 9.88 Å². The highest BCUT2D eigenvalue weighted by molar-refractivity contribution is 6.06. The van der Waals surface area contributed by atoms with E-state index >= 15 is 0 Å². The fourth-order valence-corrected chi connectivity index (χ4v) is 3.08. The van der Waals surface area contributed by atoms with Crippen LogP contribution in [0.25, 0.3) is 10.9 Å². The molecule has 2 aromatic rings. The minimum atomic E-state index is -0.728. The van der Waals surface area contributed by atoms with Gasteiger partial charge in [0.25, 0.3) is 11.5 Å². The summed E-state index contributed by atoms with van der Waals surface area (Å²) in [6.07, 6.45) is 0. The zero-order chi connectivity index (χ0) is 17.9. The van der Waals surface area contributed by atoms with E-state index in [4.69, 9.17) is 5.73 Å². The number of nitrogens with one attached hydrogen (secondary N) is 2. The van der Waals surface area contributed by atoms with Crippen molar-refractivity contribution in [2.24, 2.45) is 5.73 Å². The zero-order valence-electron chi connectivity index (χ0n) is 14.7. The molecule has 0 aliphatic rings. The first-order chi connectivity index (χ1) is 11.3. The van der Waals surface area contributed by atoms with E-state index in [1.165, 1.54) is 0 Å². The van der Waals surface area contributed by atoms with Gasteiger partial charge in [0, 0.05) is 30.6 Å². The van der Waals surface area contributed by atoms with Crippen LogP contribution in [0.15, 0.2) is 29.1 Å². The van der Waals surface area contributed by atoms with Gasteiger partial charge >= 0.3 is 0 Å². The van der Waals surface area contributed by atoms with Crippen molar-refractivity contribution in [1.29, 1.82) is 0 Å². The van der Waals surface area contributed by atoms with Gasteiger partial charge in [-0.3, -0.25) is 14.5 Å². The zero-order valence-corrected chi connectivity index (χ0v) is 14.7. The molecule has 0 saturated heterocycles. The lowest BCUT2D eigenvalue weighted by atomic mass is 10.1. The van der Waals surface area contributed by atoms with Gasteiger partial charge in [-0.15, -0.1) is 0 Å². The number of amides is 1. The number of hydrogen-bond acceptors (Lipinski definition) is 4. The van der Waals surface area contributed by atoms with Crippen molar-refractivity contribution in [2.75, 3.05) is 18.4 Å². The molecule has 0 bridgehead atoms. The standard InChI is InChI=1S/C18H26N4O2/c1-11(2)22(12(3)4)10-9-20-16-13-7-5-6-8-14(13)21-18(24)15(16)17(19)23/h5-8,11-12H,9-10H2,1-4H3,(H2,19,23)(H2,20,21,24). The first-order valence-electron chi connectivity index (χ1n) is 8.27. The number of hydrogen-bond donors (Lipinski definition) is 3. The van der Waals surface area contributed by atoms with Crippen LogP contribution in [0.3, 0.4) is 0 Å². The number of carbonyl (C=O) groups is 1. The number of nitrogens with two attached hydrogens (primary N) is 1. The van der Waals surface area contributed by atoms with Gasteiger partial charge in [0.05, 0.1) is 11.2 Å². The molecule has 0 aliphatic carbocycles. The molecule has 2 rings (SSSR count). The van der Waals surface area contributed by atoms with Crippen molar-refractivity contribution < 1.29 is 4.79 Å². The Morgan fingerprint density at radius 2 is 1.83 bits per heavy atom. The van der Waals surface area contributed by atoms with Crippen LogP contribution in [0.5, 0.6) is 0 Å². The third kappa shape index (κ3) is 3.76. The van der Waals surface area contributed by atoms with E-state index in [-0.39, 0.29) is 5.56 Å². The summed E-state index contributed by atoms with van der Waals surface area (Å²) in [6.45, 7) is 10.0. The van der Waals surface area contributed by atoms with Crippen LogP contribution in [0.1, 0.15) is 38.1 Å². The molecule has 0 aliphatic heterocycles. The highest BCUT2D eigenvalue weighted by Gasteiger charge is 2.18. The third-order valence-electron chi connectivity index (χ3n) is 4.17. The molecule has 6 nitrogen and oxygen atoms in total. The summed E-state index contributed by atoms with van der Waals surface area (Å²) >= 11 is 0. The van der Waals surface area contributed by atoms with Gasteiger partial charge in [0.1, 0.15) is 5.56 Å².